The highest BCUT2D eigenvalue weighted by Crippen LogP contribution is 2.23. The number of nitrogens with zero attached hydrogens (tertiary/aromatic N) is 3. The molecule has 0 saturated heterocycles. The van der Waals surface area contributed by atoms with Gasteiger partial charge >= 0.3 is 6.18 Å². The number of para-hydroxylation sites is 1. The summed E-state index contributed by atoms with van der Waals surface area (Å²) in [7, 11) is 0. The number of hydrogen-bond donors (Lipinski definition) is 0. The van der Waals surface area contributed by atoms with Crippen LogP contribution >= 0.6 is 0 Å². The van der Waals surface area contributed by atoms with Gasteiger partial charge in [0.25, 0.3) is 5.56 Å². The van der Waals surface area contributed by atoms with Gasteiger partial charge in [-0.3, -0.25) is 9.20 Å². The van der Waals surface area contributed by atoms with Gasteiger partial charge in [0.1, 0.15) is 5.75 Å². The molecule has 1 aromatic carbocycles. The lowest BCUT2D eigenvalue weighted by molar-refractivity contribution is -0.153. The Bertz CT molecular complexity index is 928. The molecule has 3 rings (SSSR count). The maximum atomic E-state index is 12.4. The number of hydrogen-bond acceptors (Lipinski definition) is 3. The van der Waals surface area contributed by atoms with E-state index in [0.717, 1.165) is 0 Å². The maximum absolute atomic E-state index is 12.4. The predicted molar refractivity (Wildman–Crippen MR) is 81.3 cm³/mol. The van der Waals surface area contributed by atoms with Crippen LogP contribution in [0, 0.1) is 6.92 Å². The van der Waals surface area contributed by atoms with E-state index in [2.05, 4.69) is 4.98 Å². The summed E-state index contributed by atoms with van der Waals surface area (Å²) in [5.74, 6) is 0.572. The Labute approximate surface area is 134 Å². The van der Waals surface area contributed by atoms with Gasteiger partial charge in [-0.2, -0.15) is 13.2 Å². The van der Waals surface area contributed by atoms with E-state index in [9.17, 15) is 18.0 Å². The highest BCUT2D eigenvalue weighted by Gasteiger charge is 2.28. The second kappa shape index (κ2) is 6.03. The fourth-order valence-corrected chi connectivity index (χ4v) is 2.39. The molecule has 0 unspecified atom stereocenters. The van der Waals surface area contributed by atoms with E-state index in [1.807, 2.05) is 0 Å². The van der Waals surface area contributed by atoms with E-state index in [1.165, 1.54) is 16.5 Å². The van der Waals surface area contributed by atoms with Crippen molar-refractivity contribution >= 4 is 5.78 Å². The number of alkyl halides is 3. The molecule has 0 atom stereocenters. The number of benzene rings is 1. The zero-order valence-electron chi connectivity index (χ0n) is 12.7. The molecule has 2 aromatic heterocycles. The first-order valence-corrected chi connectivity index (χ1v) is 7.16. The van der Waals surface area contributed by atoms with Crippen molar-refractivity contribution in [3.05, 3.63) is 64.3 Å². The Hall–Kier alpha value is -2.77. The van der Waals surface area contributed by atoms with Crippen molar-refractivity contribution in [2.24, 2.45) is 0 Å². The molecule has 0 saturated carbocycles. The molecule has 3 aromatic rings. The highest BCUT2D eigenvalue weighted by atomic mass is 19.4. The van der Waals surface area contributed by atoms with Crippen molar-refractivity contribution in [2.75, 3.05) is 6.61 Å². The summed E-state index contributed by atoms with van der Waals surface area (Å²) in [5, 5.41) is 0. The summed E-state index contributed by atoms with van der Waals surface area (Å²) in [4.78, 5) is 16.2. The second-order valence-corrected chi connectivity index (χ2v) is 5.34. The molecular formula is C16H14F3N3O2. The molecule has 2 heterocycles. The standard InChI is InChI=1S/C16H14F3N3O2/c1-11-8-14(23)22-7-6-21(15(22)20-11)9-12-4-2-3-5-13(12)24-10-16(17,18)19/h2-8H,9-10H2,1H3. The van der Waals surface area contributed by atoms with E-state index >= 15 is 0 Å². The summed E-state index contributed by atoms with van der Waals surface area (Å²) in [6.45, 7) is 0.590. The Balaban J connectivity index is 1.93. The molecule has 8 heteroatoms. The number of halogens is 3. The Morgan fingerprint density at radius 1 is 1.21 bits per heavy atom. The van der Waals surface area contributed by atoms with Crippen molar-refractivity contribution in [1.82, 2.24) is 14.0 Å². The van der Waals surface area contributed by atoms with Gasteiger partial charge in [-0.15, -0.1) is 0 Å². The number of rotatable bonds is 4. The van der Waals surface area contributed by atoms with E-state index < -0.39 is 12.8 Å². The fourth-order valence-electron chi connectivity index (χ4n) is 2.39. The average Bonchev–Trinajstić information content (AvgIpc) is 2.89. The molecular weight excluding hydrogens is 323 g/mol. The molecule has 126 valence electrons. The van der Waals surface area contributed by atoms with Crippen LogP contribution in [0.3, 0.4) is 0 Å². The zero-order chi connectivity index (χ0) is 17.3. The quantitative estimate of drug-likeness (QED) is 0.736. The lowest BCUT2D eigenvalue weighted by Crippen LogP contribution is -2.20. The summed E-state index contributed by atoms with van der Waals surface area (Å²) < 4.78 is 45.1. The third-order valence-electron chi connectivity index (χ3n) is 3.42. The van der Waals surface area contributed by atoms with Gasteiger partial charge in [-0.1, -0.05) is 18.2 Å². The van der Waals surface area contributed by atoms with Gasteiger partial charge in [0.2, 0.25) is 5.78 Å². The first-order chi connectivity index (χ1) is 11.3. The average molecular weight is 337 g/mol. The monoisotopic (exact) mass is 337 g/mol. The lowest BCUT2D eigenvalue weighted by atomic mass is 10.2. The summed E-state index contributed by atoms with van der Waals surface area (Å²) in [6.07, 6.45) is -1.17. The molecule has 0 bridgehead atoms. The van der Waals surface area contributed by atoms with Gasteiger partial charge in [-0.05, 0) is 13.0 Å². The summed E-state index contributed by atoms with van der Waals surface area (Å²) in [5.41, 5.74) is 0.926. The van der Waals surface area contributed by atoms with E-state index in [4.69, 9.17) is 4.74 Å². The van der Waals surface area contributed by atoms with Gasteiger partial charge in [0.05, 0.1) is 6.54 Å². The highest BCUT2D eigenvalue weighted by molar-refractivity contribution is 5.37. The number of fused-ring (bicyclic) bond motifs is 1. The van der Waals surface area contributed by atoms with Crippen LogP contribution < -0.4 is 10.3 Å². The molecule has 24 heavy (non-hydrogen) atoms. The Morgan fingerprint density at radius 2 is 1.96 bits per heavy atom. The second-order valence-electron chi connectivity index (χ2n) is 5.34. The third kappa shape index (κ3) is 3.42. The van der Waals surface area contributed by atoms with Crippen molar-refractivity contribution in [3.8, 4) is 5.75 Å². The van der Waals surface area contributed by atoms with E-state index in [1.54, 1.807) is 42.1 Å². The number of imidazole rings is 1. The van der Waals surface area contributed by atoms with Crippen LogP contribution in [0.1, 0.15) is 11.3 Å². The molecule has 0 aliphatic heterocycles. The largest absolute Gasteiger partial charge is 0.484 e. The van der Waals surface area contributed by atoms with Crippen LogP contribution in [0.5, 0.6) is 5.75 Å². The van der Waals surface area contributed by atoms with Crippen molar-refractivity contribution in [3.63, 3.8) is 0 Å². The molecule has 0 aliphatic carbocycles. The minimum Gasteiger partial charge on any atom is -0.484 e. The summed E-state index contributed by atoms with van der Waals surface area (Å²) in [6, 6.07) is 7.90. The third-order valence-corrected chi connectivity index (χ3v) is 3.42. The smallest absolute Gasteiger partial charge is 0.422 e. The van der Waals surface area contributed by atoms with Crippen molar-refractivity contribution < 1.29 is 17.9 Å². The van der Waals surface area contributed by atoms with Crippen LogP contribution in [-0.2, 0) is 6.54 Å². The topological polar surface area (TPSA) is 48.5 Å². The molecule has 0 fully saturated rings. The SMILES string of the molecule is Cc1cc(=O)n2ccn(Cc3ccccc3OCC(F)(F)F)c2n1. The van der Waals surface area contributed by atoms with Crippen molar-refractivity contribution in [1.29, 1.82) is 0 Å². The number of aryl methyl sites for hydroxylation is 1. The van der Waals surface area contributed by atoms with Crippen molar-refractivity contribution in [2.45, 2.75) is 19.6 Å². The van der Waals surface area contributed by atoms with E-state index in [-0.39, 0.29) is 17.9 Å². The number of ether oxygens (including phenoxy) is 1. The Morgan fingerprint density at radius 3 is 2.71 bits per heavy atom. The molecule has 5 nitrogen and oxygen atoms in total. The maximum Gasteiger partial charge on any atom is 0.422 e. The fraction of sp³-hybridized carbons (Fsp3) is 0.250. The van der Waals surface area contributed by atoms with Crippen LogP contribution in [0.2, 0.25) is 0 Å². The minimum atomic E-state index is -4.40. The minimum absolute atomic E-state index is 0.150. The predicted octanol–water partition coefficient (Wildman–Crippen LogP) is 2.79. The molecule has 0 aliphatic rings. The van der Waals surface area contributed by atoms with Gasteiger partial charge in [0.15, 0.2) is 6.61 Å². The van der Waals surface area contributed by atoms with Crippen LogP contribution in [-0.4, -0.2) is 26.7 Å². The first kappa shape index (κ1) is 16.1. The van der Waals surface area contributed by atoms with Gasteiger partial charge in [0, 0.05) is 29.7 Å². The van der Waals surface area contributed by atoms with Crippen LogP contribution in [0.4, 0.5) is 13.2 Å². The lowest BCUT2D eigenvalue weighted by Gasteiger charge is -2.13. The summed E-state index contributed by atoms with van der Waals surface area (Å²) >= 11 is 0. The van der Waals surface area contributed by atoms with E-state index in [0.29, 0.717) is 17.0 Å². The number of aromatic nitrogens is 3. The van der Waals surface area contributed by atoms with Crippen LogP contribution in [0.15, 0.2) is 47.5 Å². The first-order valence-electron chi connectivity index (χ1n) is 7.16. The van der Waals surface area contributed by atoms with Gasteiger partial charge < -0.3 is 9.30 Å². The molecule has 0 amide bonds. The normalized spacial score (nSPS) is 11.8. The van der Waals surface area contributed by atoms with Gasteiger partial charge in [-0.25, -0.2) is 4.98 Å². The molecule has 0 N–H and O–H groups in total. The molecule has 0 spiro atoms. The molecule has 0 radical (unpaired) electrons. The Kier molecular flexibility index (Phi) is 4.04. The zero-order valence-corrected chi connectivity index (χ0v) is 12.7. The van der Waals surface area contributed by atoms with Crippen LogP contribution in [0.25, 0.3) is 5.78 Å².